The van der Waals surface area contributed by atoms with Crippen LogP contribution >= 0.6 is 12.4 Å². The Bertz CT molecular complexity index is 253. The largest absolute Gasteiger partial charge is 0.399 e. The van der Waals surface area contributed by atoms with E-state index in [9.17, 15) is 4.79 Å². The summed E-state index contributed by atoms with van der Waals surface area (Å²) in [5.41, 5.74) is 1.05. The van der Waals surface area contributed by atoms with Crippen molar-refractivity contribution in [2.24, 2.45) is 10.6 Å². The third-order valence-corrected chi connectivity index (χ3v) is 2.75. The highest BCUT2D eigenvalue weighted by atomic mass is 35.5. The van der Waals surface area contributed by atoms with Crippen LogP contribution in [0.25, 0.3) is 0 Å². The van der Waals surface area contributed by atoms with Gasteiger partial charge in [-0.15, -0.1) is 12.4 Å². The highest BCUT2D eigenvalue weighted by Gasteiger charge is 2.48. The van der Waals surface area contributed by atoms with Crippen molar-refractivity contribution in [3.63, 3.8) is 0 Å². The van der Waals surface area contributed by atoms with Gasteiger partial charge in [-0.2, -0.15) is 0 Å². The predicted molar refractivity (Wildman–Crippen MR) is 54.6 cm³/mol. The molecule has 5 nitrogen and oxygen atoms in total. The van der Waals surface area contributed by atoms with E-state index in [0.29, 0.717) is 6.54 Å². The summed E-state index contributed by atoms with van der Waals surface area (Å²) in [6, 6.07) is 0. The molecule has 80 valence electrons. The SMILES string of the molecule is CON=C1CN(C=O)CC12CNC2.Cl. The molecule has 0 aromatic rings. The number of halogens is 1. The Morgan fingerprint density at radius 2 is 2.36 bits per heavy atom. The summed E-state index contributed by atoms with van der Waals surface area (Å²) in [5, 5.41) is 7.17. The summed E-state index contributed by atoms with van der Waals surface area (Å²) in [4.78, 5) is 17.1. The van der Waals surface area contributed by atoms with Crippen molar-refractivity contribution in [1.82, 2.24) is 10.2 Å². The van der Waals surface area contributed by atoms with E-state index in [4.69, 9.17) is 4.84 Å². The van der Waals surface area contributed by atoms with Gasteiger partial charge in [0.15, 0.2) is 0 Å². The third kappa shape index (κ3) is 1.57. The fraction of sp³-hybridized carbons (Fsp3) is 0.750. The predicted octanol–water partition coefficient (Wildman–Crippen LogP) is -0.528. The molecule has 1 N–H and O–H groups in total. The molecule has 2 heterocycles. The minimum Gasteiger partial charge on any atom is -0.399 e. The van der Waals surface area contributed by atoms with Gasteiger partial charge in [-0.25, -0.2) is 0 Å². The van der Waals surface area contributed by atoms with E-state index >= 15 is 0 Å². The number of oxime groups is 1. The van der Waals surface area contributed by atoms with Crippen molar-refractivity contribution >= 4 is 24.5 Å². The van der Waals surface area contributed by atoms with E-state index in [1.165, 1.54) is 7.11 Å². The Morgan fingerprint density at radius 3 is 2.79 bits per heavy atom. The average molecular weight is 220 g/mol. The van der Waals surface area contributed by atoms with Gasteiger partial charge in [-0.3, -0.25) is 4.79 Å². The molecule has 0 aromatic carbocycles. The molecule has 1 amide bonds. The van der Waals surface area contributed by atoms with E-state index in [1.54, 1.807) is 4.90 Å². The van der Waals surface area contributed by atoms with Crippen molar-refractivity contribution in [2.45, 2.75) is 0 Å². The van der Waals surface area contributed by atoms with Gasteiger partial charge in [0.25, 0.3) is 0 Å². The number of amides is 1. The molecule has 2 saturated heterocycles. The Kier molecular flexibility index (Phi) is 3.34. The van der Waals surface area contributed by atoms with Crippen LogP contribution in [0.2, 0.25) is 0 Å². The first-order valence-corrected chi connectivity index (χ1v) is 4.31. The number of hydrogen-bond donors (Lipinski definition) is 1. The highest BCUT2D eigenvalue weighted by molar-refractivity contribution is 5.96. The van der Waals surface area contributed by atoms with Crippen molar-refractivity contribution in [3.05, 3.63) is 0 Å². The van der Waals surface area contributed by atoms with Gasteiger partial charge in [0.05, 0.1) is 17.7 Å². The zero-order chi connectivity index (χ0) is 9.31. The molecule has 2 aliphatic heterocycles. The molecule has 14 heavy (non-hydrogen) atoms. The summed E-state index contributed by atoms with van der Waals surface area (Å²) in [6.07, 6.45) is 0.873. The van der Waals surface area contributed by atoms with Crippen molar-refractivity contribution < 1.29 is 9.63 Å². The van der Waals surface area contributed by atoms with Crippen molar-refractivity contribution in [3.8, 4) is 0 Å². The lowest BCUT2D eigenvalue weighted by Gasteiger charge is -2.38. The summed E-state index contributed by atoms with van der Waals surface area (Å²) in [6.45, 7) is 3.18. The van der Waals surface area contributed by atoms with Crippen LogP contribution in [0.1, 0.15) is 0 Å². The fourth-order valence-electron chi connectivity index (χ4n) is 1.95. The quantitative estimate of drug-likeness (QED) is 0.502. The molecule has 0 aromatic heterocycles. The Labute approximate surface area is 88.9 Å². The third-order valence-electron chi connectivity index (χ3n) is 2.75. The Hall–Kier alpha value is -0.810. The second kappa shape index (κ2) is 4.14. The van der Waals surface area contributed by atoms with E-state index in [-0.39, 0.29) is 17.8 Å². The maximum atomic E-state index is 10.6. The van der Waals surface area contributed by atoms with Gasteiger partial charge < -0.3 is 15.1 Å². The smallest absolute Gasteiger partial charge is 0.210 e. The van der Waals surface area contributed by atoms with E-state index in [0.717, 1.165) is 31.8 Å². The molecule has 0 atom stereocenters. The number of nitrogens with zero attached hydrogens (tertiary/aromatic N) is 2. The standard InChI is InChI=1S/C8H13N3O2.ClH/c1-13-10-7-2-11(6-12)5-8(7)3-9-4-8;/h6,9H,2-5H2,1H3;1H. The van der Waals surface area contributed by atoms with Crippen LogP contribution in [0.3, 0.4) is 0 Å². The lowest BCUT2D eigenvalue weighted by Crippen LogP contribution is -2.58. The maximum Gasteiger partial charge on any atom is 0.210 e. The summed E-state index contributed by atoms with van der Waals surface area (Å²) >= 11 is 0. The van der Waals surface area contributed by atoms with Crippen LogP contribution < -0.4 is 5.32 Å². The molecule has 2 aliphatic rings. The fourth-order valence-corrected chi connectivity index (χ4v) is 1.95. The lowest BCUT2D eigenvalue weighted by atomic mass is 9.79. The van der Waals surface area contributed by atoms with Crippen LogP contribution in [0.5, 0.6) is 0 Å². The molecule has 0 saturated carbocycles. The number of rotatable bonds is 2. The van der Waals surface area contributed by atoms with E-state index < -0.39 is 0 Å². The van der Waals surface area contributed by atoms with Gasteiger partial charge in [0.2, 0.25) is 6.41 Å². The van der Waals surface area contributed by atoms with Crippen LogP contribution in [-0.4, -0.2) is 50.3 Å². The number of likely N-dealkylation sites (tertiary alicyclic amines) is 1. The van der Waals surface area contributed by atoms with Gasteiger partial charge in [0, 0.05) is 19.6 Å². The normalized spacial score (nSPS) is 25.8. The second-order valence-corrected chi connectivity index (χ2v) is 3.61. The average Bonchev–Trinajstić information content (AvgIpc) is 2.44. The summed E-state index contributed by atoms with van der Waals surface area (Å²) in [5.74, 6) is 0. The molecule has 6 heteroatoms. The minimum atomic E-state index is 0. The molecule has 0 radical (unpaired) electrons. The topological polar surface area (TPSA) is 53.9 Å². The first kappa shape index (κ1) is 11.3. The number of nitrogens with one attached hydrogen (secondary N) is 1. The number of carbonyl (C=O) groups excluding carboxylic acids is 1. The molecule has 0 aliphatic carbocycles. The number of hydrogen-bond acceptors (Lipinski definition) is 4. The zero-order valence-electron chi connectivity index (χ0n) is 8.02. The van der Waals surface area contributed by atoms with Crippen LogP contribution in [0.15, 0.2) is 5.16 Å². The molecule has 2 rings (SSSR count). The van der Waals surface area contributed by atoms with Crippen molar-refractivity contribution in [1.29, 1.82) is 0 Å². The van der Waals surface area contributed by atoms with Crippen LogP contribution in [0.4, 0.5) is 0 Å². The lowest BCUT2D eigenvalue weighted by molar-refractivity contribution is -0.117. The van der Waals surface area contributed by atoms with E-state index in [2.05, 4.69) is 10.5 Å². The summed E-state index contributed by atoms with van der Waals surface area (Å²) < 4.78 is 0. The highest BCUT2D eigenvalue weighted by Crippen LogP contribution is 2.31. The van der Waals surface area contributed by atoms with Gasteiger partial charge in [0.1, 0.15) is 7.11 Å². The van der Waals surface area contributed by atoms with Gasteiger partial charge in [-0.05, 0) is 0 Å². The molecule has 1 spiro atoms. The minimum absolute atomic E-state index is 0. The first-order valence-electron chi connectivity index (χ1n) is 4.31. The van der Waals surface area contributed by atoms with E-state index in [1.807, 2.05) is 0 Å². The van der Waals surface area contributed by atoms with Gasteiger partial charge >= 0.3 is 0 Å². The maximum absolute atomic E-state index is 10.6. The monoisotopic (exact) mass is 219 g/mol. The molecule has 0 unspecified atom stereocenters. The number of carbonyl (C=O) groups is 1. The molecular weight excluding hydrogens is 206 g/mol. The Balaban J connectivity index is 0.000000980. The summed E-state index contributed by atoms with van der Waals surface area (Å²) in [7, 11) is 1.54. The second-order valence-electron chi connectivity index (χ2n) is 3.61. The molecule has 0 bridgehead atoms. The zero-order valence-corrected chi connectivity index (χ0v) is 8.84. The molecular formula is C8H14ClN3O2. The Morgan fingerprint density at radius 1 is 1.64 bits per heavy atom. The van der Waals surface area contributed by atoms with Crippen molar-refractivity contribution in [2.75, 3.05) is 33.3 Å². The van der Waals surface area contributed by atoms with Gasteiger partial charge in [-0.1, -0.05) is 5.16 Å². The van der Waals surface area contributed by atoms with Crippen LogP contribution in [0, 0.1) is 5.41 Å². The first-order chi connectivity index (χ1) is 6.30. The molecule has 2 fully saturated rings. The van der Waals surface area contributed by atoms with Crippen LogP contribution in [-0.2, 0) is 9.63 Å².